The van der Waals surface area contributed by atoms with Gasteiger partial charge in [-0.3, -0.25) is 4.79 Å². The van der Waals surface area contributed by atoms with E-state index in [-0.39, 0.29) is 11.7 Å². The van der Waals surface area contributed by atoms with Crippen LogP contribution in [0.4, 0.5) is 4.39 Å². The molecule has 1 fully saturated rings. The highest BCUT2D eigenvalue weighted by molar-refractivity contribution is 5.76. The second-order valence-corrected chi connectivity index (χ2v) is 6.20. The van der Waals surface area contributed by atoms with E-state index in [1.54, 1.807) is 0 Å². The fraction of sp³-hybridized carbons (Fsp3) is 0.632. The van der Waals surface area contributed by atoms with E-state index in [4.69, 9.17) is 4.74 Å². The Bertz CT molecular complexity index is 469. The van der Waals surface area contributed by atoms with Crippen LogP contribution in [0.5, 0.6) is 0 Å². The average Bonchev–Trinajstić information content (AvgIpc) is 3.08. The molecule has 2 rings (SSSR count). The van der Waals surface area contributed by atoms with E-state index in [2.05, 4.69) is 4.90 Å². The van der Waals surface area contributed by atoms with Crippen molar-refractivity contribution in [2.45, 2.75) is 57.9 Å². The maximum atomic E-state index is 13.0. The molecule has 0 bridgehead atoms. The second kappa shape index (κ2) is 9.66. The van der Waals surface area contributed by atoms with Crippen LogP contribution in [0.15, 0.2) is 24.3 Å². The SMILES string of the molecule is CCOCCCC(=O)N(CCc1ccc(F)cc1)C1CCCC1. The van der Waals surface area contributed by atoms with Gasteiger partial charge in [0.1, 0.15) is 5.82 Å². The van der Waals surface area contributed by atoms with Gasteiger partial charge in [0.2, 0.25) is 5.91 Å². The Morgan fingerprint density at radius 1 is 1.26 bits per heavy atom. The largest absolute Gasteiger partial charge is 0.382 e. The summed E-state index contributed by atoms with van der Waals surface area (Å²) in [5, 5.41) is 0. The summed E-state index contributed by atoms with van der Waals surface area (Å²) in [6, 6.07) is 6.97. The van der Waals surface area contributed by atoms with Crippen LogP contribution in [0.1, 0.15) is 51.0 Å². The number of benzene rings is 1. The number of amides is 1. The number of carbonyl (C=O) groups is 1. The fourth-order valence-electron chi connectivity index (χ4n) is 3.24. The molecular formula is C19H28FNO2. The maximum Gasteiger partial charge on any atom is 0.222 e. The number of halogens is 1. The van der Waals surface area contributed by atoms with E-state index >= 15 is 0 Å². The topological polar surface area (TPSA) is 29.5 Å². The summed E-state index contributed by atoms with van der Waals surface area (Å²) in [6.07, 6.45) is 6.77. The van der Waals surface area contributed by atoms with Crippen LogP contribution in [0.2, 0.25) is 0 Å². The predicted molar refractivity (Wildman–Crippen MR) is 89.8 cm³/mol. The first-order chi connectivity index (χ1) is 11.2. The quantitative estimate of drug-likeness (QED) is 0.644. The molecular weight excluding hydrogens is 293 g/mol. The van der Waals surface area contributed by atoms with E-state index in [1.807, 2.05) is 19.1 Å². The molecule has 128 valence electrons. The van der Waals surface area contributed by atoms with Gasteiger partial charge in [-0.15, -0.1) is 0 Å². The monoisotopic (exact) mass is 321 g/mol. The molecule has 0 aliphatic heterocycles. The van der Waals surface area contributed by atoms with Crippen molar-refractivity contribution in [3.63, 3.8) is 0 Å². The van der Waals surface area contributed by atoms with Crippen molar-refractivity contribution >= 4 is 5.91 Å². The summed E-state index contributed by atoms with van der Waals surface area (Å²) >= 11 is 0. The van der Waals surface area contributed by atoms with Crippen LogP contribution >= 0.6 is 0 Å². The minimum atomic E-state index is -0.214. The van der Waals surface area contributed by atoms with Gasteiger partial charge < -0.3 is 9.64 Å². The van der Waals surface area contributed by atoms with Crippen LogP contribution in [0.3, 0.4) is 0 Å². The summed E-state index contributed by atoms with van der Waals surface area (Å²) in [5.41, 5.74) is 1.08. The highest BCUT2D eigenvalue weighted by atomic mass is 19.1. The van der Waals surface area contributed by atoms with E-state index in [1.165, 1.54) is 25.0 Å². The van der Waals surface area contributed by atoms with Crippen molar-refractivity contribution in [3.05, 3.63) is 35.6 Å². The van der Waals surface area contributed by atoms with Gasteiger partial charge in [-0.1, -0.05) is 25.0 Å². The van der Waals surface area contributed by atoms with Crippen molar-refractivity contribution in [2.75, 3.05) is 19.8 Å². The second-order valence-electron chi connectivity index (χ2n) is 6.20. The smallest absolute Gasteiger partial charge is 0.222 e. The van der Waals surface area contributed by atoms with Crippen LogP contribution in [-0.2, 0) is 16.0 Å². The molecule has 0 heterocycles. The lowest BCUT2D eigenvalue weighted by Crippen LogP contribution is -2.40. The minimum absolute atomic E-state index is 0.214. The van der Waals surface area contributed by atoms with E-state index < -0.39 is 0 Å². The lowest BCUT2D eigenvalue weighted by Gasteiger charge is -2.29. The molecule has 3 nitrogen and oxygen atoms in total. The van der Waals surface area contributed by atoms with Crippen molar-refractivity contribution in [2.24, 2.45) is 0 Å². The molecule has 23 heavy (non-hydrogen) atoms. The van der Waals surface area contributed by atoms with Crippen LogP contribution < -0.4 is 0 Å². The molecule has 0 N–H and O–H groups in total. The first-order valence-electron chi connectivity index (χ1n) is 8.82. The molecule has 1 aromatic carbocycles. The summed E-state index contributed by atoms with van der Waals surface area (Å²) in [6.45, 7) is 4.04. The molecule has 1 saturated carbocycles. The third kappa shape index (κ3) is 5.94. The average molecular weight is 321 g/mol. The third-order valence-electron chi connectivity index (χ3n) is 4.52. The molecule has 0 radical (unpaired) electrons. The van der Waals surface area contributed by atoms with Gasteiger partial charge in [-0.05, 0) is 50.3 Å². The summed E-state index contributed by atoms with van der Waals surface area (Å²) in [7, 11) is 0. The standard InChI is InChI=1S/C19H28FNO2/c1-2-23-15-5-8-19(22)21(18-6-3-4-7-18)14-13-16-9-11-17(20)12-10-16/h9-12,18H,2-8,13-15H2,1H3. The first kappa shape index (κ1) is 17.9. The molecule has 1 aliphatic carbocycles. The van der Waals surface area contributed by atoms with Crippen molar-refractivity contribution in [1.82, 2.24) is 4.90 Å². The zero-order valence-electron chi connectivity index (χ0n) is 14.1. The Kier molecular flexibility index (Phi) is 7.53. The zero-order valence-corrected chi connectivity index (χ0v) is 14.1. The van der Waals surface area contributed by atoms with Gasteiger partial charge in [0.05, 0.1) is 0 Å². The molecule has 0 aromatic heterocycles. The van der Waals surface area contributed by atoms with Crippen LogP contribution in [0.25, 0.3) is 0 Å². The highest BCUT2D eigenvalue weighted by Crippen LogP contribution is 2.24. The normalized spacial score (nSPS) is 15.0. The number of carbonyl (C=O) groups excluding carboxylic acids is 1. The number of rotatable bonds is 9. The van der Waals surface area contributed by atoms with Gasteiger partial charge in [0.15, 0.2) is 0 Å². The maximum absolute atomic E-state index is 13.0. The van der Waals surface area contributed by atoms with Gasteiger partial charge in [-0.2, -0.15) is 0 Å². The van der Waals surface area contributed by atoms with Crippen LogP contribution in [-0.4, -0.2) is 36.6 Å². The molecule has 0 atom stereocenters. The third-order valence-corrected chi connectivity index (χ3v) is 4.52. The van der Waals surface area contributed by atoms with Crippen molar-refractivity contribution < 1.29 is 13.9 Å². The molecule has 0 unspecified atom stereocenters. The zero-order chi connectivity index (χ0) is 16.5. The Morgan fingerprint density at radius 3 is 2.61 bits per heavy atom. The van der Waals surface area contributed by atoms with Gasteiger partial charge in [0, 0.05) is 32.2 Å². The van der Waals surface area contributed by atoms with E-state index in [0.29, 0.717) is 25.7 Å². The minimum Gasteiger partial charge on any atom is -0.382 e. The number of ether oxygens (including phenoxy) is 1. The Hall–Kier alpha value is -1.42. The summed E-state index contributed by atoms with van der Waals surface area (Å²) < 4.78 is 18.3. The van der Waals surface area contributed by atoms with E-state index in [0.717, 1.165) is 37.8 Å². The lowest BCUT2D eigenvalue weighted by atomic mass is 10.1. The molecule has 1 aliphatic rings. The molecule has 1 aromatic rings. The highest BCUT2D eigenvalue weighted by Gasteiger charge is 2.25. The Balaban J connectivity index is 1.88. The number of hydrogen-bond acceptors (Lipinski definition) is 2. The van der Waals surface area contributed by atoms with Crippen LogP contribution in [0, 0.1) is 5.82 Å². The van der Waals surface area contributed by atoms with Crippen molar-refractivity contribution in [1.29, 1.82) is 0 Å². The molecule has 4 heteroatoms. The molecule has 0 spiro atoms. The molecule has 0 saturated heterocycles. The lowest BCUT2D eigenvalue weighted by molar-refractivity contribution is -0.133. The first-order valence-corrected chi connectivity index (χ1v) is 8.82. The van der Waals surface area contributed by atoms with Gasteiger partial charge in [-0.25, -0.2) is 4.39 Å². The number of nitrogens with zero attached hydrogens (tertiary/aromatic N) is 1. The molecule has 1 amide bonds. The predicted octanol–water partition coefficient (Wildman–Crippen LogP) is 3.96. The fourth-order valence-corrected chi connectivity index (χ4v) is 3.24. The van der Waals surface area contributed by atoms with Gasteiger partial charge >= 0.3 is 0 Å². The van der Waals surface area contributed by atoms with E-state index in [9.17, 15) is 9.18 Å². The Labute approximate surface area is 138 Å². The van der Waals surface area contributed by atoms with Crippen molar-refractivity contribution in [3.8, 4) is 0 Å². The Morgan fingerprint density at radius 2 is 1.96 bits per heavy atom. The van der Waals surface area contributed by atoms with Gasteiger partial charge in [0.25, 0.3) is 0 Å². The number of hydrogen-bond donors (Lipinski definition) is 0. The summed E-state index contributed by atoms with van der Waals surface area (Å²) in [4.78, 5) is 14.6. The summed E-state index contributed by atoms with van der Waals surface area (Å²) in [5.74, 6) is 0.0205.